The first kappa shape index (κ1) is 16.3. The molecule has 2 saturated carbocycles. The lowest BCUT2D eigenvalue weighted by Gasteiger charge is -2.38. The predicted molar refractivity (Wildman–Crippen MR) is 92.5 cm³/mol. The van der Waals surface area contributed by atoms with Crippen LogP contribution in [0.5, 0.6) is 0 Å². The van der Waals surface area contributed by atoms with Crippen LogP contribution in [0.4, 0.5) is 0 Å². The molecule has 6 heteroatoms. The summed E-state index contributed by atoms with van der Waals surface area (Å²) in [6.07, 6.45) is 11.0. The third-order valence-electron chi connectivity index (χ3n) is 5.57. The van der Waals surface area contributed by atoms with Crippen LogP contribution >= 0.6 is 0 Å². The summed E-state index contributed by atoms with van der Waals surface area (Å²) in [6, 6.07) is 5.89. The molecule has 2 fully saturated rings. The average Bonchev–Trinajstić information content (AvgIpc) is 3.19. The van der Waals surface area contributed by atoms with Gasteiger partial charge >= 0.3 is 0 Å². The van der Waals surface area contributed by atoms with E-state index in [-0.39, 0.29) is 23.5 Å². The van der Waals surface area contributed by atoms with Crippen molar-refractivity contribution in [3.05, 3.63) is 48.8 Å². The molecule has 0 bridgehead atoms. The highest BCUT2D eigenvalue weighted by atomic mass is 16.3. The standard InChI is InChI=1S/C19H24N4O2/c24-16-9-14(10-16)17(11-15-3-1-2-6-21-15)22-18(25)19(4-5-19)12-23-8-7-20-13-23/h1-3,6-8,13-14,16-17,24H,4-5,9-12H2,(H,22,25)/t14?,16?,17-/m0/s1. The first-order valence-corrected chi connectivity index (χ1v) is 8.99. The van der Waals surface area contributed by atoms with Gasteiger partial charge in [0.05, 0.1) is 17.8 Å². The quantitative estimate of drug-likeness (QED) is 0.801. The SMILES string of the molecule is O=C(N[C@@H](Cc1ccccn1)C1CC(O)C1)C1(Cn2ccnc2)CC1. The van der Waals surface area contributed by atoms with Crippen LogP contribution in [0.15, 0.2) is 43.1 Å². The van der Waals surface area contributed by atoms with Crippen LogP contribution < -0.4 is 5.32 Å². The van der Waals surface area contributed by atoms with Gasteiger partial charge in [-0.3, -0.25) is 9.78 Å². The van der Waals surface area contributed by atoms with Crippen molar-refractivity contribution in [1.82, 2.24) is 19.9 Å². The van der Waals surface area contributed by atoms with E-state index in [0.717, 1.165) is 31.4 Å². The number of aliphatic hydroxyl groups excluding tert-OH is 1. The van der Waals surface area contributed by atoms with Gasteiger partial charge in [0.15, 0.2) is 0 Å². The van der Waals surface area contributed by atoms with Crippen LogP contribution in [0.25, 0.3) is 0 Å². The molecule has 0 aliphatic heterocycles. The van der Waals surface area contributed by atoms with Crippen LogP contribution in [0.1, 0.15) is 31.4 Å². The molecule has 0 saturated heterocycles. The zero-order valence-corrected chi connectivity index (χ0v) is 14.2. The maximum Gasteiger partial charge on any atom is 0.228 e. The first-order chi connectivity index (χ1) is 12.1. The topological polar surface area (TPSA) is 80.0 Å². The lowest BCUT2D eigenvalue weighted by molar-refractivity contribution is -0.128. The molecule has 2 heterocycles. The summed E-state index contributed by atoms with van der Waals surface area (Å²) in [6.45, 7) is 0.683. The molecule has 2 aromatic heterocycles. The molecular weight excluding hydrogens is 316 g/mol. The van der Waals surface area contributed by atoms with Gasteiger partial charge in [-0.2, -0.15) is 0 Å². The zero-order chi connectivity index (χ0) is 17.3. The van der Waals surface area contributed by atoms with Crippen LogP contribution in [-0.4, -0.2) is 37.7 Å². The van der Waals surface area contributed by atoms with E-state index >= 15 is 0 Å². The number of carbonyl (C=O) groups excluding carboxylic acids is 1. The van der Waals surface area contributed by atoms with Crippen molar-refractivity contribution in [1.29, 1.82) is 0 Å². The summed E-state index contributed by atoms with van der Waals surface area (Å²) in [4.78, 5) is 21.4. The maximum absolute atomic E-state index is 13.0. The van der Waals surface area contributed by atoms with E-state index in [1.54, 1.807) is 18.7 Å². The van der Waals surface area contributed by atoms with Gasteiger partial charge in [0.2, 0.25) is 5.91 Å². The van der Waals surface area contributed by atoms with Gasteiger partial charge in [-0.15, -0.1) is 0 Å². The minimum Gasteiger partial charge on any atom is -0.393 e. The molecule has 25 heavy (non-hydrogen) atoms. The lowest BCUT2D eigenvalue weighted by Crippen LogP contribution is -2.50. The van der Waals surface area contributed by atoms with Crippen LogP contribution in [0, 0.1) is 11.3 Å². The van der Waals surface area contributed by atoms with Crippen molar-refractivity contribution in [2.45, 2.75) is 50.8 Å². The average molecular weight is 340 g/mol. The van der Waals surface area contributed by atoms with Gasteiger partial charge in [0, 0.05) is 43.3 Å². The van der Waals surface area contributed by atoms with Crippen LogP contribution in [0.3, 0.4) is 0 Å². The number of amides is 1. The van der Waals surface area contributed by atoms with Gasteiger partial charge in [-0.05, 0) is 43.7 Å². The monoisotopic (exact) mass is 340 g/mol. The summed E-state index contributed by atoms with van der Waals surface area (Å²) in [5.41, 5.74) is 0.680. The molecule has 132 valence electrons. The molecule has 6 nitrogen and oxygen atoms in total. The summed E-state index contributed by atoms with van der Waals surface area (Å²) >= 11 is 0. The number of hydrogen-bond acceptors (Lipinski definition) is 4. The Labute approximate surface area is 147 Å². The number of rotatable bonds is 7. The molecular formula is C19H24N4O2. The number of imidazole rings is 1. The number of carbonyl (C=O) groups is 1. The summed E-state index contributed by atoms with van der Waals surface area (Å²) in [7, 11) is 0. The number of aliphatic hydroxyl groups is 1. The van der Waals surface area contributed by atoms with Crippen LogP contribution in [0.2, 0.25) is 0 Å². The highest BCUT2D eigenvalue weighted by molar-refractivity contribution is 5.85. The Morgan fingerprint density at radius 2 is 2.20 bits per heavy atom. The maximum atomic E-state index is 13.0. The molecule has 2 aliphatic rings. The number of pyridine rings is 1. The Kier molecular flexibility index (Phi) is 4.29. The van der Waals surface area contributed by atoms with E-state index in [9.17, 15) is 9.90 Å². The summed E-state index contributed by atoms with van der Waals surface area (Å²) < 4.78 is 1.98. The largest absolute Gasteiger partial charge is 0.393 e. The second-order valence-corrected chi connectivity index (χ2v) is 7.51. The van der Waals surface area contributed by atoms with Gasteiger partial charge in [-0.25, -0.2) is 4.98 Å². The zero-order valence-electron chi connectivity index (χ0n) is 14.2. The highest BCUT2D eigenvalue weighted by Gasteiger charge is 2.51. The van der Waals surface area contributed by atoms with E-state index in [2.05, 4.69) is 15.3 Å². The van der Waals surface area contributed by atoms with Gasteiger partial charge in [0.1, 0.15) is 0 Å². The molecule has 2 aliphatic carbocycles. The van der Waals surface area contributed by atoms with Crippen LogP contribution in [-0.2, 0) is 17.8 Å². The Morgan fingerprint density at radius 1 is 1.36 bits per heavy atom. The van der Waals surface area contributed by atoms with Crippen molar-refractivity contribution < 1.29 is 9.90 Å². The number of aromatic nitrogens is 3. The molecule has 0 aromatic carbocycles. The molecule has 2 N–H and O–H groups in total. The smallest absolute Gasteiger partial charge is 0.228 e. The van der Waals surface area contributed by atoms with Gasteiger partial charge in [-0.1, -0.05) is 6.07 Å². The van der Waals surface area contributed by atoms with E-state index in [1.807, 2.05) is 29.0 Å². The van der Waals surface area contributed by atoms with Crippen molar-refractivity contribution in [3.63, 3.8) is 0 Å². The van der Waals surface area contributed by atoms with E-state index in [0.29, 0.717) is 18.9 Å². The predicted octanol–water partition coefficient (Wildman–Crippen LogP) is 1.56. The molecule has 4 rings (SSSR count). The molecule has 0 unspecified atom stereocenters. The minimum absolute atomic E-state index is 0.0334. The third kappa shape index (κ3) is 3.58. The van der Waals surface area contributed by atoms with Crippen molar-refractivity contribution in [3.8, 4) is 0 Å². The van der Waals surface area contributed by atoms with Crippen molar-refractivity contribution in [2.75, 3.05) is 0 Å². The Balaban J connectivity index is 1.43. The molecule has 1 atom stereocenters. The fourth-order valence-electron chi connectivity index (χ4n) is 3.70. The Hall–Kier alpha value is -2.21. The van der Waals surface area contributed by atoms with E-state index < -0.39 is 0 Å². The van der Waals surface area contributed by atoms with E-state index in [1.165, 1.54) is 0 Å². The second kappa shape index (κ2) is 6.59. The minimum atomic E-state index is -0.300. The summed E-state index contributed by atoms with van der Waals surface area (Å²) in [5.74, 6) is 0.452. The number of hydrogen-bond donors (Lipinski definition) is 2. The van der Waals surface area contributed by atoms with E-state index in [4.69, 9.17) is 0 Å². The van der Waals surface area contributed by atoms with Crippen molar-refractivity contribution >= 4 is 5.91 Å². The van der Waals surface area contributed by atoms with Gasteiger partial charge in [0.25, 0.3) is 0 Å². The normalized spacial score (nSPS) is 25.0. The highest BCUT2D eigenvalue weighted by Crippen LogP contribution is 2.47. The second-order valence-electron chi connectivity index (χ2n) is 7.51. The first-order valence-electron chi connectivity index (χ1n) is 8.99. The number of nitrogens with zero attached hydrogens (tertiary/aromatic N) is 3. The Bertz CT molecular complexity index is 706. The number of nitrogens with one attached hydrogen (secondary N) is 1. The molecule has 0 radical (unpaired) electrons. The van der Waals surface area contributed by atoms with Gasteiger partial charge < -0.3 is 15.0 Å². The lowest BCUT2D eigenvalue weighted by atomic mass is 9.75. The van der Waals surface area contributed by atoms with Crippen molar-refractivity contribution in [2.24, 2.45) is 11.3 Å². The summed E-state index contributed by atoms with van der Waals surface area (Å²) in [5, 5.41) is 13.0. The third-order valence-corrected chi connectivity index (χ3v) is 5.57. The fraction of sp³-hybridized carbons (Fsp3) is 0.526. The molecule has 1 amide bonds. The molecule has 0 spiro atoms. The molecule has 2 aromatic rings. The Morgan fingerprint density at radius 3 is 2.80 bits per heavy atom. The fourth-order valence-corrected chi connectivity index (χ4v) is 3.70.